The second kappa shape index (κ2) is 4.99. The Kier molecular flexibility index (Phi) is 3.90. The fourth-order valence-electron chi connectivity index (χ4n) is 1.72. The number of primary amides is 1. The van der Waals surface area contributed by atoms with Gasteiger partial charge in [0.15, 0.2) is 0 Å². The van der Waals surface area contributed by atoms with Crippen molar-refractivity contribution in [3.05, 3.63) is 28.8 Å². The smallest absolute Gasteiger partial charge is 0.234 e. The highest BCUT2D eigenvalue weighted by Gasteiger charge is 2.15. The van der Waals surface area contributed by atoms with Gasteiger partial charge in [-0.15, -0.1) is 0 Å². The summed E-state index contributed by atoms with van der Waals surface area (Å²) in [5.74, 6) is 0.260. The van der Waals surface area contributed by atoms with Crippen LogP contribution >= 0.6 is 0 Å². The van der Waals surface area contributed by atoms with E-state index in [4.69, 9.17) is 16.2 Å². The molecule has 0 bridgehead atoms. The number of hydrogen-bond acceptors (Lipinski definition) is 3. The number of nitrogens with two attached hydrogens (primary N) is 2. The highest BCUT2D eigenvalue weighted by atomic mass is 16.5. The molecule has 0 aliphatic heterocycles. The van der Waals surface area contributed by atoms with Crippen molar-refractivity contribution in [3.63, 3.8) is 0 Å². The molecule has 16 heavy (non-hydrogen) atoms. The number of benzene rings is 1. The van der Waals surface area contributed by atoms with Crippen molar-refractivity contribution in [2.75, 3.05) is 7.11 Å². The molecule has 1 unspecified atom stereocenters. The minimum Gasteiger partial charge on any atom is -0.496 e. The molecule has 0 spiro atoms. The molecule has 0 heterocycles. The van der Waals surface area contributed by atoms with E-state index in [2.05, 4.69) is 0 Å². The lowest BCUT2D eigenvalue weighted by Crippen LogP contribution is -2.38. The van der Waals surface area contributed by atoms with Gasteiger partial charge in [-0.05, 0) is 36.6 Å². The molecule has 0 aliphatic rings. The van der Waals surface area contributed by atoms with Gasteiger partial charge in [0.1, 0.15) is 5.75 Å². The minimum atomic E-state index is -0.671. The van der Waals surface area contributed by atoms with Gasteiger partial charge >= 0.3 is 0 Å². The molecule has 0 fully saturated rings. The first-order chi connectivity index (χ1) is 7.45. The second-order valence-corrected chi connectivity index (χ2v) is 3.98. The first-order valence-electron chi connectivity index (χ1n) is 5.14. The van der Waals surface area contributed by atoms with Crippen molar-refractivity contribution in [1.29, 1.82) is 0 Å². The summed E-state index contributed by atoms with van der Waals surface area (Å²) in [6.45, 7) is 3.96. The predicted molar refractivity (Wildman–Crippen MR) is 63.3 cm³/mol. The molecule has 0 saturated carbocycles. The average molecular weight is 222 g/mol. The van der Waals surface area contributed by atoms with Crippen molar-refractivity contribution in [2.45, 2.75) is 26.3 Å². The van der Waals surface area contributed by atoms with Gasteiger partial charge in [-0.3, -0.25) is 4.79 Å². The van der Waals surface area contributed by atoms with Crippen LogP contribution in [0.2, 0.25) is 0 Å². The Bertz CT molecular complexity index is 402. The van der Waals surface area contributed by atoms with Crippen LogP contribution < -0.4 is 16.2 Å². The van der Waals surface area contributed by atoms with Gasteiger partial charge in [-0.25, -0.2) is 0 Å². The largest absolute Gasteiger partial charge is 0.496 e. The summed E-state index contributed by atoms with van der Waals surface area (Å²) < 4.78 is 5.28. The maximum Gasteiger partial charge on any atom is 0.234 e. The van der Waals surface area contributed by atoms with Crippen LogP contribution in [0.25, 0.3) is 0 Å². The molecule has 4 N–H and O–H groups in total. The van der Waals surface area contributed by atoms with Gasteiger partial charge < -0.3 is 16.2 Å². The Morgan fingerprint density at radius 3 is 2.56 bits per heavy atom. The van der Waals surface area contributed by atoms with Crippen LogP contribution in [0, 0.1) is 13.8 Å². The minimum absolute atomic E-state index is 0.407. The predicted octanol–water partition coefficient (Wildman–Crippen LogP) is 0.667. The fraction of sp³-hybridized carbons (Fsp3) is 0.417. The summed E-state index contributed by atoms with van der Waals surface area (Å²) in [5, 5.41) is 0. The topological polar surface area (TPSA) is 78.3 Å². The number of carbonyl (C=O) groups excluding carboxylic acids is 1. The van der Waals surface area contributed by atoms with Crippen LogP contribution in [-0.2, 0) is 11.2 Å². The van der Waals surface area contributed by atoms with Gasteiger partial charge in [-0.2, -0.15) is 0 Å². The SMILES string of the molecule is COc1cc(C)cc(C)c1CC(N)C(N)=O. The van der Waals surface area contributed by atoms with Crippen LogP contribution in [0.3, 0.4) is 0 Å². The van der Waals surface area contributed by atoms with E-state index in [1.807, 2.05) is 26.0 Å². The van der Waals surface area contributed by atoms with E-state index in [9.17, 15) is 4.79 Å². The monoisotopic (exact) mass is 222 g/mol. The van der Waals surface area contributed by atoms with Gasteiger partial charge in [0.2, 0.25) is 5.91 Å². The van der Waals surface area contributed by atoms with Crippen LogP contribution in [0.4, 0.5) is 0 Å². The first-order valence-corrected chi connectivity index (χ1v) is 5.14. The highest BCUT2D eigenvalue weighted by molar-refractivity contribution is 5.80. The molecule has 1 aromatic rings. The van der Waals surface area contributed by atoms with E-state index in [1.54, 1.807) is 7.11 Å². The van der Waals surface area contributed by atoms with Gasteiger partial charge in [0.05, 0.1) is 13.2 Å². The number of hydrogen-bond donors (Lipinski definition) is 2. The van der Waals surface area contributed by atoms with Crippen LogP contribution in [-0.4, -0.2) is 19.1 Å². The van der Waals surface area contributed by atoms with Gasteiger partial charge in [0.25, 0.3) is 0 Å². The lowest BCUT2D eigenvalue weighted by molar-refractivity contribution is -0.119. The number of aryl methyl sites for hydroxylation is 2. The number of rotatable bonds is 4. The van der Waals surface area contributed by atoms with Gasteiger partial charge in [0, 0.05) is 6.42 Å². The highest BCUT2D eigenvalue weighted by Crippen LogP contribution is 2.25. The summed E-state index contributed by atoms with van der Waals surface area (Å²) in [7, 11) is 1.60. The first kappa shape index (κ1) is 12.5. The molecule has 4 nitrogen and oxygen atoms in total. The number of carbonyl (C=O) groups is 1. The normalized spacial score (nSPS) is 12.2. The zero-order chi connectivity index (χ0) is 12.3. The fourth-order valence-corrected chi connectivity index (χ4v) is 1.72. The summed E-state index contributed by atoms with van der Waals surface area (Å²) in [6, 6.07) is 3.29. The van der Waals surface area contributed by atoms with Crippen LogP contribution in [0.1, 0.15) is 16.7 Å². The maximum atomic E-state index is 10.9. The molecule has 1 amide bonds. The molecule has 1 atom stereocenters. The van der Waals surface area contributed by atoms with Crippen molar-refractivity contribution in [2.24, 2.45) is 11.5 Å². The molecular weight excluding hydrogens is 204 g/mol. The lowest BCUT2D eigenvalue weighted by atomic mass is 9.98. The lowest BCUT2D eigenvalue weighted by Gasteiger charge is -2.15. The van der Waals surface area contributed by atoms with Crippen molar-refractivity contribution in [1.82, 2.24) is 0 Å². The third-order valence-corrected chi connectivity index (χ3v) is 2.59. The van der Waals surface area contributed by atoms with Crippen molar-refractivity contribution in [3.8, 4) is 5.75 Å². The van der Waals surface area contributed by atoms with Crippen LogP contribution in [0.5, 0.6) is 5.75 Å². The van der Waals surface area contributed by atoms with E-state index in [1.165, 1.54) is 0 Å². The molecule has 0 aliphatic carbocycles. The Hall–Kier alpha value is -1.55. The van der Waals surface area contributed by atoms with E-state index in [0.717, 1.165) is 22.4 Å². The van der Waals surface area contributed by atoms with E-state index in [0.29, 0.717) is 6.42 Å². The third-order valence-electron chi connectivity index (χ3n) is 2.59. The van der Waals surface area contributed by atoms with Gasteiger partial charge in [-0.1, -0.05) is 6.07 Å². The Morgan fingerprint density at radius 2 is 2.06 bits per heavy atom. The summed E-state index contributed by atoms with van der Waals surface area (Å²) in [6.07, 6.45) is 0.407. The zero-order valence-electron chi connectivity index (χ0n) is 9.91. The van der Waals surface area contributed by atoms with E-state index >= 15 is 0 Å². The summed E-state index contributed by atoms with van der Waals surface area (Å²) in [5.41, 5.74) is 13.9. The molecule has 0 aromatic heterocycles. The number of methoxy groups -OCH3 is 1. The molecular formula is C12H18N2O2. The molecule has 1 rings (SSSR count). The average Bonchev–Trinajstić information content (AvgIpc) is 2.21. The molecule has 1 aromatic carbocycles. The summed E-state index contributed by atoms with van der Waals surface area (Å²) in [4.78, 5) is 10.9. The Balaban J connectivity index is 3.07. The van der Waals surface area contributed by atoms with Crippen molar-refractivity contribution < 1.29 is 9.53 Å². The molecule has 88 valence electrons. The van der Waals surface area contributed by atoms with E-state index in [-0.39, 0.29) is 0 Å². The number of ether oxygens (including phenoxy) is 1. The molecule has 0 radical (unpaired) electrons. The summed E-state index contributed by atoms with van der Waals surface area (Å²) >= 11 is 0. The van der Waals surface area contributed by atoms with E-state index < -0.39 is 11.9 Å². The zero-order valence-corrected chi connectivity index (χ0v) is 9.91. The molecule has 4 heteroatoms. The van der Waals surface area contributed by atoms with Crippen LogP contribution in [0.15, 0.2) is 12.1 Å². The Morgan fingerprint density at radius 1 is 1.44 bits per heavy atom. The third kappa shape index (κ3) is 2.73. The standard InChI is InChI=1S/C12H18N2O2/c1-7-4-8(2)9(11(5-7)16-3)6-10(13)12(14)15/h4-5,10H,6,13H2,1-3H3,(H2,14,15). The number of amides is 1. The Labute approximate surface area is 95.6 Å². The second-order valence-electron chi connectivity index (χ2n) is 3.98. The molecule has 0 saturated heterocycles. The quantitative estimate of drug-likeness (QED) is 0.785. The maximum absolute atomic E-state index is 10.9. The van der Waals surface area contributed by atoms with Crippen molar-refractivity contribution >= 4 is 5.91 Å².